The maximum absolute atomic E-state index is 12.6. The minimum absolute atomic E-state index is 0.212. The lowest BCUT2D eigenvalue weighted by Gasteiger charge is -2.15. The van der Waals surface area contributed by atoms with Crippen molar-refractivity contribution < 1.29 is 14.1 Å². The summed E-state index contributed by atoms with van der Waals surface area (Å²) in [5, 5.41) is 4.49. The van der Waals surface area contributed by atoms with E-state index < -0.39 is 0 Å². The molecule has 0 saturated heterocycles. The Morgan fingerprint density at radius 1 is 1.19 bits per heavy atom. The minimum Gasteiger partial charge on any atom is -0.494 e. The SMILES string of the molecule is CCOc1ccc(CN(C)C(=O)c2cc(-c3cccc(Cl)c3)on2)cc1. The molecule has 0 N–H and O–H groups in total. The van der Waals surface area contributed by atoms with Crippen molar-refractivity contribution in [3.8, 4) is 17.1 Å². The largest absolute Gasteiger partial charge is 0.494 e. The van der Waals surface area contributed by atoms with E-state index in [-0.39, 0.29) is 11.6 Å². The molecule has 1 heterocycles. The number of carbonyl (C=O) groups excluding carboxylic acids is 1. The van der Waals surface area contributed by atoms with Crippen LogP contribution in [0.25, 0.3) is 11.3 Å². The number of carbonyl (C=O) groups is 1. The summed E-state index contributed by atoms with van der Waals surface area (Å²) in [7, 11) is 1.73. The summed E-state index contributed by atoms with van der Waals surface area (Å²) < 4.78 is 10.7. The average Bonchev–Trinajstić information content (AvgIpc) is 3.13. The lowest BCUT2D eigenvalue weighted by atomic mass is 10.1. The van der Waals surface area contributed by atoms with Gasteiger partial charge in [-0.15, -0.1) is 0 Å². The summed E-state index contributed by atoms with van der Waals surface area (Å²) in [5.41, 5.74) is 2.04. The molecule has 0 spiro atoms. The molecule has 2 aromatic carbocycles. The van der Waals surface area contributed by atoms with Crippen LogP contribution in [0.3, 0.4) is 0 Å². The molecule has 0 aliphatic rings. The molecule has 134 valence electrons. The molecule has 0 bridgehead atoms. The zero-order valence-electron chi connectivity index (χ0n) is 14.6. The number of amides is 1. The van der Waals surface area contributed by atoms with Crippen molar-refractivity contribution >= 4 is 17.5 Å². The predicted molar refractivity (Wildman–Crippen MR) is 100 cm³/mol. The molecular weight excluding hydrogens is 352 g/mol. The first kappa shape index (κ1) is 18.0. The Morgan fingerprint density at radius 2 is 1.96 bits per heavy atom. The Labute approximate surface area is 157 Å². The fourth-order valence-corrected chi connectivity index (χ4v) is 2.74. The Bertz CT molecular complexity index is 890. The fraction of sp³-hybridized carbons (Fsp3) is 0.200. The van der Waals surface area contributed by atoms with Crippen molar-refractivity contribution in [2.45, 2.75) is 13.5 Å². The number of halogens is 1. The average molecular weight is 371 g/mol. The van der Waals surface area contributed by atoms with Crippen LogP contribution in [0.15, 0.2) is 59.1 Å². The van der Waals surface area contributed by atoms with Crippen LogP contribution in [0.5, 0.6) is 5.75 Å². The van der Waals surface area contributed by atoms with E-state index >= 15 is 0 Å². The summed E-state index contributed by atoms with van der Waals surface area (Å²) in [6.07, 6.45) is 0. The molecule has 3 rings (SSSR count). The Kier molecular flexibility index (Phi) is 5.58. The number of hydrogen-bond acceptors (Lipinski definition) is 4. The Hall–Kier alpha value is -2.79. The number of nitrogens with zero attached hydrogens (tertiary/aromatic N) is 2. The van der Waals surface area contributed by atoms with Gasteiger partial charge < -0.3 is 14.2 Å². The molecule has 0 fully saturated rings. The van der Waals surface area contributed by atoms with E-state index in [0.717, 1.165) is 16.9 Å². The van der Waals surface area contributed by atoms with Gasteiger partial charge in [-0.1, -0.05) is 41.0 Å². The predicted octanol–water partition coefficient (Wildman–Crippen LogP) is 4.67. The molecule has 1 aromatic heterocycles. The summed E-state index contributed by atoms with van der Waals surface area (Å²) in [6, 6.07) is 16.5. The Morgan fingerprint density at radius 3 is 2.65 bits per heavy atom. The van der Waals surface area contributed by atoms with E-state index in [9.17, 15) is 4.79 Å². The second-order valence-corrected chi connectivity index (χ2v) is 6.26. The van der Waals surface area contributed by atoms with E-state index in [0.29, 0.717) is 23.9 Å². The lowest BCUT2D eigenvalue weighted by Crippen LogP contribution is -2.26. The second-order valence-electron chi connectivity index (χ2n) is 5.82. The third-order valence-corrected chi connectivity index (χ3v) is 4.07. The maximum Gasteiger partial charge on any atom is 0.276 e. The van der Waals surface area contributed by atoms with Crippen molar-refractivity contribution in [1.82, 2.24) is 10.1 Å². The van der Waals surface area contributed by atoms with Crippen LogP contribution < -0.4 is 4.74 Å². The van der Waals surface area contributed by atoms with Gasteiger partial charge in [-0.25, -0.2) is 0 Å². The zero-order chi connectivity index (χ0) is 18.5. The van der Waals surface area contributed by atoms with Gasteiger partial charge in [0.1, 0.15) is 5.75 Å². The van der Waals surface area contributed by atoms with Crippen LogP contribution >= 0.6 is 11.6 Å². The molecule has 5 nitrogen and oxygen atoms in total. The molecule has 1 amide bonds. The monoisotopic (exact) mass is 370 g/mol. The van der Waals surface area contributed by atoms with Gasteiger partial charge in [0, 0.05) is 30.2 Å². The molecule has 0 aliphatic heterocycles. The number of rotatable bonds is 6. The van der Waals surface area contributed by atoms with Gasteiger partial charge in [0.2, 0.25) is 0 Å². The van der Waals surface area contributed by atoms with Crippen molar-refractivity contribution in [2.75, 3.05) is 13.7 Å². The molecule has 0 radical (unpaired) electrons. The molecule has 6 heteroatoms. The molecule has 3 aromatic rings. The van der Waals surface area contributed by atoms with E-state index in [1.54, 1.807) is 30.1 Å². The minimum atomic E-state index is -0.212. The van der Waals surface area contributed by atoms with Crippen LogP contribution in [0.4, 0.5) is 0 Å². The van der Waals surface area contributed by atoms with Gasteiger partial charge in [0.15, 0.2) is 11.5 Å². The summed E-state index contributed by atoms with van der Waals surface area (Å²) in [4.78, 5) is 14.2. The van der Waals surface area contributed by atoms with Gasteiger partial charge >= 0.3 is 0 Å². The van der Waals surface area contributed by atoms with Crippen LogP contribution in [-0.2, 0) is 6.54 Å². The fourth-order valence-electron chi connectivity index (χ4n) is 2.55. The topological polar surface area (TPSA) is 55.6 Å². The van der Waals surface area contributed by atoms with Crippen molar-refractivity contribution in [1.29, 1.82) is 0 Å². The van der Waals surface area contributed by atoms with E-state index in [1.165, 1.54) is 0 Å². The third kappa shape index (κ3) is 4.24. The van der Waals surface area contributed by atoms with Crippen LogP contribution in [0.2, 0.25) is 5.02 Å². The molecule has 0 aliphatic carbocycles. The third-order valence-electron chi connectivity index (χ3n) is 3.84. The van der Waals surface area contributed by atoms with Gasteiger partial charge in [-0.2, -0.15) is 0 Å². The molecule has 0 saturated carbocycles. The smallest absolute Gasteiger partial charge is 0.276 e. The number of ether oxygens (including phenoxy) is 1. The van der Waals surface area contributed by atoms with E-state index in [1.807, 2.05) is 43.3 Å². The van der Waals surface area contributed by atoms with Gasteiger partial charge in [-0.05, 0) is 36.8 Å². The standard InChI is InChI=1S/C20H19ClN2O3/c1-3-25-17-9-7-14(8-10-17)13-23(2)20(24)18-12-19(26-22-18)15-5-4-6-16(21)11-15/h4-12H,3,13H2,1-2H3. The molecule has 26 heavy (non-hydrogen) atoms. The highest BCUT2D eigenvalue weighted by atomic mass is 35.5. The maximum atomic E-state index is 12.6. The zero-order valence-corrected chi connectivity index (χ0v) is 15.4. The first-order valence-electron chi connectivity index (χ1n) is 8.26. The van der Waals surface area contributed by atoms with Gasteiger partial charge in [0.25, 0.3) is 5.91 Å². The van der Waals surface area contributed by atoms with Crippen LogP contribution in [0, 0.1) is 0 Å². The van der Waals surface area contributed by atoms with Crippen LogP contribution in [0.1, 0.15) is 23.0 Å². The number of aromatic nitrogens is 1. The molecule has 0 unspecified atom stereocenters. The molecule has 0 atom stereocenters. The summed E-state index contributed by atoms with van der Waals surface area (Å²) in [5.74, 6) is 1.11. The Balaban J connectivity index is 1.69. The second kappa shape index (κ2) is 8.06. The normalized spacial score (nSPS) is 10.6. The number of benzene rings is 2. The van der Waals surface area contributed by atoms with E-state index in [2.05, 4.69) is 5.16 Å². The van der Waals surface area contributed by atoms with Gasteiger partial charge in [-0.3, -0.25) is 4.79 Å². The first-order chi connectivity index (χ1) is 12.6. The highest BCUT2D eigenvalue weighted by molar-refractivity contribution is 6.30. The summed E-state index contributed by atoms with van der Waals surface area (Å²) >= 11 is 5.99. The van der Waals surface area contributed by atoms with E-state index in [4.69, 9.17) is 20.9 Å². The first-order valence-corrected chi connectivity index (χ1v) is 8.64. The van der Waals surface area contributed by atoms with Crippen LogP contribution in [-0.4, -0.2) is 29.6 Å². The lowest BCUT2D eigenvalue weighted by molar-refractivity contribution is 0.0775. The number of hydrogen-bond donors (Lipinski definition) is 0. The quantitative estimate of drug-likeness (QED) is 0.633. The summed E-state index contributed by atoms with van der Waals surface area (Å²) in [6.45, 7) is 3.03. The van der Waals surface area contributed by atoms with Crippen molar-refractivity contribution in [3.05, 3.63) is 70.9 Å². The highest BCUT2D eigenvalue weighted by Crippen LogP contribution is 2.24. The van der Waals surface area contributed by atoms with Crippen molar-refractivity contribution in [3.63, 3.8) is 0 Å². The van der Waals surface area contributed by atoms with Crippen molar-refractivity contribution in [2.24, 2.45) is 0 Å². The van der Waals surface area contributed by atoms with Gasteiger partial charge in [0.05, 0.1) is 6.61 Å². The highest BCUT2D eigenvalue weighted by Gasteiger charge is 2.18. The molecular formula is C20H19ClN2O3.